The Kier molecular flexibility index (Phi) is 7.11. The molecule has 0 aromatic heterocycles. The van der Waals surface area contributed by atoms with Gasteiger partial charge in [-0.2, -0.15) is 0 Å². The van der Waals surface area contributed by atoms with Crippen molar-refractivity contribution in [3.63, 3.8) is 0 Å². The molecule has 0 atom stereocenters. The maximum Gasteiger partial charge on any atom is 0.136 e. The highest BCUT2D eigenvalue weighted by molar-refractivity contribution is 5.82. The first-order valence-corrected chi connectivity index (χ1v) is 12.2. The predicted octanol–water partition coefficient (Wildman–Crippen LogP) is 3.11. The molecule has 3 aliphatic rings. The first-order valence-electron chi connectivity index (χ1n) is 12.2. The fourth-order valence-corrected chi connectivity index (χ4v) is 5.61. The van der Waals surface area contributed by atoms with Crippen molar-refractivity contribution in [3.8, 4) is 0 Å². The standard InChI is InChI=1S/C26H37N3O3/c1-18-24(16-27-10-4-21(30)5-11-27)19(2)26(29-14-8-23(32)9-15-29)20(3)25(18)17-28-12-6-22(31)7-13-28/h4-17H2,1-3H3. The molecule has 0 spiro atoms. The number of hydrogen-bond donors (Lipinski definition) is 0. The van der Waals surface area contributed by atoms with E-state index in [1.807, 2.05) is 0 Å². The smallest absolute Gasteiger partial charge is 0.136 e. The topological polar surface area (TPSA) is 60.9 Å². The highest BCUT2D eigenvalue weighted by Crippen LogP contribution is 2.37. The van der Waals surface area contributed by atoms with Crippen LogP contribution in [0.15, 0.2) is 0 Å². The van der Waals surface area contributed by atoms with Crippen molar-refractivity contribution in [3.05, 3.63) is 27.8 Å². The Balaban J connectivity index is 1.68. The molecule has 0 saturated carbocycles. The molecule has 0 N–H and O–H groups in total. The fourth-order valence-electron chi connectivity index (χ4n) is 5.61. The van der Waals surface area contributed by atoms with Gasteiger partial charge < -0.3 is 4.90 Å². The van der Waals surface area contributed by atoms with E-state index in [4.69, 9.17) is 0 Å². The largest absolute Gasteiger partial charge is 0.370 e. The average molecular weight is 440 g/mol. The molecule has 0 amide bonds. The molecule has 6 heteroatoms. The zero-order chi connectivity index (χ0) is 22.8. The van der Waals surface area contributed by atoms with Crippen LogP contribution in [0.3, 0.4) is 0 Å². The van der Waals surface area contributed by atoms with Crippen LogP contribution in [0, 0.1) is 20.8 Å². The summed E-state index contributed by atoms with van der Waals surface area (Å²) >= 11 is 0. The van der Waals surface area contributed by atoms with Crippen molar-refractivity contribution in [2.24, 2.45) is 0 Å². The van der Waals surface area contributed by atoms with E-state index in [1.165, 1.54) is 33.5 Å². The minimum atomic E-state index is 0.361. The third-order valence-electron chi connectivity index (χ3n) is 7.75. The average Bonchev–Trinajstić information content (AvgIpc) is 2.78. The summed E-state index contributed by atoms with van der Waals surface area (Å²) in [6, 6.07) is 0. The van der Waals surface area contributed by atoms with E-state index in [1.54, 1.807) is 0 Å². The number of carbonyl (C=O) groups is 3. The minimum absolute atomic E-state index is 0.361. The Morgan fingerprint density at radius 2 is 0.875 bits per heavy atom. The lowest BCUT2D eigenvalue weighted by molar-refractivity contribution is -0.122. The quantitative estimate of drug-likeness (QED) is 0.703. The van der Waals surface area contributed by atoms with Crippen LogP contribution in [-0.2, 0) is 27.5 Å². The number of rotatable bonds is 5. The normalized spacial score (nSPS) is 21.5. The molecule has 0 bridgehead atoms. The van der Waals surface area contributed by atoms with Gasteiger partial charge in [-0.25, -0.2) is 0 Å². The van der Waals surface area contributed by atoms with Crippen LogP contribution in [0.5, 0.6) is 0 Å². The van der Waals surface area contributed by atoms with Gasteiger partial charge in [-0.1, -0.05) is 0 Å². The summed E-state index contributed by atoms with van der Waals surface area (Å²) in [5, 5.41) is 0. The second kappa shape index (κ2) is 9.84. The van der Waals surface area contributed by atoms with E-state index < -0.39 is 0 Å². The van der Waals surface area contributed by atoms with E-state index >= 15 is 0 Å². The van der Waals surface area contributed by atoms with E-state index in [2.05, 4.69) is 35.5 Å². The van der Waals surface area contributed by atoms with Gasteiger partial charge >= 0.3 is 0 Å². The van der Waals surface area contributed by atoms with E-state index in [-0.39, 0.29) is 0 Å². The maximum absolute atomic E-state index is 11.9. The second-order valence-corrected chi connectivity index (χ2v) is 9.84. The summed E-state index contributed by atoms with van der Waals surface area (Å²) in [5.41, 5.74) is 8.05. The van der Waals surface area contributed by atoms with Gasteiger partial charge in [0.2, 0.25) is 0 Å². The van der Waals surface area contributed by atoms with Gasteiger partial charge in [0.25, 0.3) is 0 Å². The Hall–Kier alpha value is -2.05. The lowest BCUT2D eigenvalue weighted by atomic mass is 9.88. The molecule has 3 heterocycles. The molecule has 4 rings (SSSR count). The number of piperidine rings is 3. The van der Waals surface area contributed by atoms with Gasteiger partial charge in [0.1, 0.15) is 17.3 Å². The number of likely N-dealkylation sites (tertiary alicyclic amines) is 2. The molecule has 174 valence electrons. The van der Waals surface area contributed by atoms with E-state index in [9.17, 15) is 14.4 Å². The molecular weight excluding hydrogens is 402 g/mol. The Bertz CT molecular complexity index is 836. The molecule has 3 saturated heterocycles. The fraction of sp³-hybridized carbons (Fsp3) is 0.654. The third kappa shape index (κ3) is 4.96. The lowest BCUT2D eigenvalue weighted by Gasteiger charge is -2.36. The summed E-state index contributed by atoms with van der Waals surface area (Å²) < 4.78 is 0. The number of benzene rings is 1. The summed E-state index contributed by atoms with van der Waals surface area (Å²) in [4.78, 5) is 42.6. The van der Waals surface area contributed by atoms with Crippen LogP contribution in [0.2, 0.25) is 0 Å². The second-order valence-electron chi connectivity index (χ2n) is 9.84. The van der Waals surface area contributed by atoms with E-state index in [0.29, 0.717) is 55.9 Å². The molecule has 3 fully saturated rings. The molecule has 0 unspecified atom stereocenters. The first-order chi connectivity index (χ1) is 15.3. The van der Waals surface area contributed by atoms with Crippen molar-refractivity contribution < 1.29 is 14.4 Å². The van der Waals surface area contributed by atoms with Crippen molar-refractivity contribution in [2.75, 3.05) is 44.2 Å². The van der Waals surface area contributed by atoms with Crippen molar-refractivity contribution in [1.82, 2.24) is 9.80 Å². The van der Waals surface area contributed by atoms with Crippen LogP contribution in [0.4, 0.5) is 5.69 Å². The molecule has 6 nitrogen and oxygen atoms in total. The number of ketones is 3. The van der Waals surface area contributed by atoms with Crippen LogP contribution in [0.25, 0.3) is 0 Å². The molecule has 0 radical (unpaired) electrons. The summed E-state index contributed by atoms with van der Waals surface area (Å²) in [6.45, 7) is 13.4. The van der Waals surface area contributed by atoms with Crippen LogP contribution in [0.1, 0.15) is 66.3 Å². The summed E-state index contributed by atoms with van der Waals surface area (Å²) in [6.07, 6.45) is 3.86. The minimum Gasteiger partial charge on any atom is -0.370 e. The molecule has 3 aliphatic heterocycles. The van der Waals surface area contributed by atoms with Gasteiger partial charge in [-0.3, -0.25) is 24.2 Å². The Labute approximate surface area is 191 Å². The third-order valence-corrected chi connectivity index (χ3v) is 7.75. The van der Waals surface area contributed by atoms with Crippen molar-refractivity contribution in [1.29, 1.82) is 0 Å². The molecular formula is C26H37N3O3. The van der Waals surface area contributed by atoms with Crippen molar-refractivity contribution >= 4 is 23.0 Å². The van der Waals surface area contributed by atoms with Gasteiger partial charge in [0.05, 0.1) is 0 Å². The van der Waals surface area contributed by atoms with Gasteiger partial charge in [0, 0.05) is 96.6 Å². The van der Waals surface area contributed by atoms with Gasteiger partial charge in [-0.05, 0) is 48.6 Å². The SMILES string of the molecule is Cc1c(CN2CCC(=O)CC2)c(C)c(N2CCC(=O)CC2)c(C)c1CN1CCC(=O)CC1. The highest BCUT2D eigenvalue weighted by Gasteiger charge is 2.27. The number of carbonyl (C=O) groups excluding carboxylic acids is 3. The molecule has 0 aliphatic carbocycles. The van der Waals surface area contributed by atoms with Crippen LogP contribution in [-0.4, -0.2) is 66.4 Å². The zero-order valence-corrected chi connectivity index (χ0v) is 20.0. The number of hydrogen-bond acceptors (Lipinski definition) is 6. The maximum atomic E-state index is 11.9. The Morgan fingerprint density at radius 1 is 0.531 bits per heavy atom. The number of Topliss-reactive ketones (excluding diaryl/α,β-unsaturated/α-hetero) is 3. The summed E-state index contributed by atoms with van der Waals surface area (Å²) in [7, 11) is 0. The van der Waals surface area contributed by atoms with Gasteiger partial charge in [0.15, 0.2) is 0 Å². The van der Waals surface area contributed by atoms with Crippen molar-refractivity contribution in [2.45, 2.75) is 72.4 Å². The predicted molar refractivity (Wildman–Crippen MR) is 126 cm³/mol. The zero-order valence-electron chi connectivity index (χ0n) is 20.0. The highest BCUT2D eigenvalue weighted by atomic mass is 16.1. The lowest BCUT2D eigenvalue weighted by Crippen LogP contribution is -2.37. The molecule has 32 heavy (non-hydrogen) atoms. The monoisotopic (exact) mass is 439 g/mol. The molecule has 1 aromatic carbocycles. The van der Waals surface area contributed by atoms with Gasteiger partial charge in [-0.15, -0.1) is 0 Å². The van der Waals surface area contributed by atoms with Crippen LogP contribution < -0.4 is 4.90 Å². The molecule has 1 aromatic rings. The van der Waals surface area contributed by atoms with Crippen LogP contribution >= 0.6 is 0 Å². The summed E-state index contributed by atoms with van der Waals surface area (Å²) in [5.74, 6) is 1.11. The van der Waals surface area contributed by atoms with E-state index in [0.717, 1.165) is 52.4 Å². The number of nitrogens with zero attached hydrogens (tertiary/aromatic N) is 3. The number of anilines is 1. The Morgan fingerprint density at radius 3 is 1.25 bits per heavy atom. The first kappa shape index (κ1) is 23.1.